The van der Waals surface area contributed by atoms with E-state index in [2.05, 4.69) is 0 Å². The molecule has 0 aromatic carbocycles. The number of cyclic esters (lactones) is 1. The van der Waals surface area contributed by atoms with E-state index in [9.17, 15) is 35.4 Å². The van der Waals surface area contributed by atoms with Crippen LogP contribution in [0, 0.1) is 5.92 Å². The number of aliphatic hydroxyl groups is 6. The molecule has 3 rings (SSSR count). The van der Waals surface area contributed by atoms with E-state index in [1.54, 1.807) is 43.4 Å². The fourth-order valence-electron chi connectivity index (χ4n) is 4.75. The van der Waals surface area contributed by atoms with Gasteiger partial charge in [0.1, 0.15) is 30.5 Å². The molecular weight excluding hydrogens is 536 g/mol. The summed E-state index contributed by atoms with van der Waals surface area (Å²) in [6.07, 6.45) is 11.3. The topological polar surface area (TPSA) is 175 Å². The third-order valence-electron chi connectivity index (χ3n) is 7.26. The minimum atomic E-state index is -1.54. The fourth-order valence-corrected chi connectivity index (χ4v) is 4.75. The lowest BCUT2D eigenvalue weighted by Crippen LogP contribution is -2.59. The average molecular weight is 581 g/mol. The van der Waals surface area contributed by atoms with Gasteiger partial charge in [-0.3, -0.25) is 0 Å². The predicted octanol–water partition coefficient (Wildman–Crippen LogP) is 0.934. The highest BCUT2D eigenvalue weighted by Gasteiger charge is 2.44. The molecular formula is C30H44O11. The van der Waals surface area contributed by atoms with Gasteiger partial charge in [0.05, 0.1) is 25.4 Å². The van der Waals surface area contributed by atoms with E-state index in [1.165, 1.54) is 6.08 Å². The molecule has 0 amide bonds. The number of esters is 1. The maximum Gasteiger partial charge on any atom is 0.331 e. The molecule has 2 bridgehead atoms. The van der Waals surface area contributed by atoms with Crippen molar-refractivity contribution in [3.8, 4) is 0 Å². The van der Waals surface area contributed by atoms with Crippen LogP contribution in [0.3, 0.4) is 0 Å². The number of rotatable bonds is 4. The molecule has 10 unspecified atom stereocenters. The molecule has 0 aromatic rings. The molecule has 6 N–H and O–H groups in total. The zero-order valence-electron chi connectivity index (χ0n) is 23.4. The third kappa shape index (κ3) is 10.5. The van der Waals surface area contributed by atoms with Crippen molar-refractivity contribution in [3.05, 3.63) is 60.8 Å². The van der Waals surface area contributed by atoms with E-state index in [0.717, 1.165) is 0 Å². The van der Waals surface area contributed by atoms with Crippen molar-refractivity contribution in [1.29, 1.82) is 0 Å². The lowest BCUT2D eigenvalue weighted by atomic mass is 9.95. The zero-order valence-corrected chi connectivity index (χ0v) is 23.4. The van der Waals surface area contributed by atoms with Crippen LogP contribution in [0.15, 0.2) is 60.8 Å². The Morgan fingerprint density at radius 2 is 1.76 bits per heavy atom. The summed E-state index contributed by atoms with van der Waals surface area (Å²) in [5.74, 6) is -2.11. The zero-order chi connectivity index (χ0) is 29.8. The predicted molar refractivity (Wildman–Crippen MR) is 148 cm³/mol. The van der Waals surface area contributed by atoms with E-state index in [-0.39, 0.29) is 31.5 Å². The van der Waals surface area contributed by atoms with Crippen LogP contribution in [0.5, 0.6) is 0 Å². The van der Waals surface area contributed by atoms with Gasteiger partial charge >= 0.3 is 5.97 Å². The summed E-state index contributed by atoms with van der Waals surface area (Å²) in [5.41, 5.74) is 0. The van der Waals surface area contributed by atoms with E-state index in [4.69, 9.17) is 18.9 Å². The normalized spacial score (nSPS) is 39.7. The molecule has 3 aliphatic heterocycles. The second-order valence-corrected chi connectivity index (χ2v) is 10.7. The Bertz CT molecular complexity index is 958. The van der Waals surface area contributed by atoms with Crippen molar-refractivity contribution in [3.63, 3.8) is 0 Å². The summed E-state index contributed by atoms with van der Waals surface area (Å²) >= 11 is 0. The van der Waals surface area contributed by atoms with E-state index in [1.807, 2.05) is 18.2 Å². The molecule has 0 radical (unpaired) electrons. The lowest BCUT2D eigenvalue weighted by Gasteiger charge is -2.39. The molecule has 2 saturated heterocycles. The molecule has 3 heterocycles. The lowest BCUT2D eigenvalue weighted by molar-refractivity contribution is -0.302. The molecule has 0 saturated carbocycles. The van der Waals surface area contributed by atoms with Crippen molar-refractivity contribution < 1.29 is 54.4 Å². The Balaban J connectivity index is 1.71. The smallest absolute Gasteiger partial charge is 0.331 e. The number of carbonyl (C=O) groups is 1. The average Bonchev–Trinajstić information content (AvgIpc) is 2.94. The van der Waals surface area contributed by atoms with Crippen LogP contribution in [-0.4, -0.2) is 105 Å². The van der Waals surface area contributed by atoms with Crippen molar-refractivity contribution in [2.75, 3.05) is 13.2 Å². The van der Waals surface area contributed by atoms with Gasteiger partial charge in [0.2, 0.25) is 0 Å². The fraction of sp³-hybridized carbons (Fsp3) is 0.633. The number of aliphatic hydroxyl groups excluding tert-OH is 5. The summed E-state index contributed by atoms with van der Waals surface area (Å²) in [4.78, 5) is 12.1. The molecule has 11 nitrogen and oxygen atoms in total. The molecule has 2 fully saturated rings. The highest BCUT2D eigenvalue weighted by Crippen LogP contribution is 2.31. The Labute approximate surface area is 240 Å². The summed E-state index contributed by atoms with van der Waals surface area (Å²) in [7, 11) is 0. The maximum atomic E-state index is 12.1. The minimum Gasteiger partial charge on any atom is -0.460 e. The van der Waals surface area contributed by atoms with Gasteiger partial charge in [-0.15, -0.1) is 0 Å². The van der Waals surface area contributed by atoms with Crippen LogP contribution in [0.1, 0.15) is 45.4 Å². The summed E-state index contributed by atoms with van der Waals surface area (Å²) in [6.45, 7) is 1.31. The SMILES string of the molecule is CC1CCC=CC2OC(O)(CC=CC=CC(COC3OC(CO)C(O)C(O)C3O)CC=CC=CC(=O)O1)CCC2O. The Morgan fingerprint density at radius 1 is 0.976 bits per heavy atom. The second kappa shape index (κ2) is 16.4. The Morgan fingerprint density at radius 3 is 2.54 bits per heavy atom. The highest BCUT2D eigenvalue weighted by molar-refractivity contribution is 5.82. The van der Waals surface area contributed by atoms with Crippen LogP contribution in [0.4, 0.5) is 0 Å². The Hall–Kier alpha value is -2.19. The van der Waals surface area contributed by atoms with Gasteiger partial charge in [-0.25, -0.2) is 4.79 Å². The maximum absolute atomic E-state index is 12.1. The third-order valence-corrected chi connectivity index (χ3v) is 7.26. The van der Waals surface area contributed by atoms with Crippen LogP contribution >= 0.6 is 0 Å². The largest absolute Gasteiger partial charge is 0.460 e. The molecule has 0 aromatic heterocycles. The van der Waals surface area contributed by atoms with Crippen molar-refractivity contribution >= 4 is 5.97 Å². The number of fused-ring (bicyclic) bond motifs is 2. The van der Waals surface area contributed by atoms with E-state index in [0.29, 0.717) is 25.7 Å². The van der Waals surface area contributed by atoms with Gasteiger partial charge in [-0.2, -0.15) is 0 Å². The summed E-state index contributed by atoms with van der Waals surface area (Å²) in [6, 6.07) is 0. The first-order chi connectivity index (χ1) is 19.6. The highest BCUT2D eigenvalue weighted by atomic mass is 16.7. The summed E-state index contributed by atoms with van der Waals surface area (Å²) in [5, 5.41) is 61.0. The monoisotopic (exact) mass is 580 g/mol. The molecule has 11 heteroatoms. The molecule has 3 aliphatic rings. The van der Waals surface area contributed by atoms with Crippen molar-refractivity contribution in [2.24, 2.45) is 5.92 Å². The van der Waals surface area contributed by atoms with Gasteiger partial charge in [0.15, 0.2) is 12.1 Å². The van der Waals surface area contributed by atoms with E-state index >= 15 is 0 Å². The standard InChI is InChI=1S/C30H44O11/c1-20-10-7-8-13-23-22(32)15-17-30(37,41-23)16-9-3-5-12-21(11-4-2-6-14-25(33)39-20)19-38-29-28(36)27(35)26(34)24(18-31)40-29/h2-6,8-9,12-14,20-24,26-29,31-32,34-37H,7,10-11,15-19H2,1H3. The first-order valence-corrected chi connectivity index (χ1v) is 14.2. The minimum absolute atomic E-state index is 0.0690. The van der Waals surface area contributed by atoms with Crippen LogP contribution in [0.25, 0.3) is 0 Å². The number of hydrogen-bond donors (Lipinski definition) is 6. The van der Waals surface area contributed by atoms with Gasteiger partial charge in [0.25, 0.3) is 0 Å². The molecule has 0 aliphatic carbocycles. The first kappa shape index (κ1) is 33.3. The number of hydrogen-bond acceptors (Lipinski definition) is 11. The van der Waals surface area contributed by atoms with Crippen LogP contribution in [0.2, 0.25) is 0 Å². The van der Waals surface area contributed by atoms with Crippen molar-refractivity contribution in [2.45, 2.75) is 100 Å². The van der Waals surface area contributed by atoms with Gasteiger partial charge in [0, 0.05) is 24.8 Å². The molecule has 230 valence electrons. The van der Waals surface area contributed by atoms with Crippen molar-refractivity contribution in [1.82, 2.24) is 0 Å². The van der Waals surface area contributed by atoms with Gasteiger partial charge in [-0.1, -0.05) is 54.7 Å². The molecule has 41 heavy (non-hydrogen) atoms. The second-order valence-electron chi connectivity index (χ2n) is 10.7. The number of carbonyl (C=O) groups excluding carboxylic acids is 1. The Kier molecular flexibility index (Phi) is 13.4. The summed E-state index contributed by atoms with van der Waals surface area (Å²) < 4.78 is 22.4. The molecule has 10 atom stereocenters. The number of ether oxygens (including phenoxy) is 4. The van der Waals surface area contributed by atoms with Gasteiger partial charge in [-0.05, 0) is 32.6 Å². The van der Waals surface area contributed by atoms with E-state index < -0.39 is 61.3 Å². The van der Waals surface area contributed by atoms with Gasteiger partial charge < -0.3 is 49.6 Å². The van der Waals surface area contributed by atoms with Crippen LogP contribution in [-0.2, 0) is 23.7 Å². The first-order valence-electron chi connectivity index (χ1n) is 14.2. The molecule has 0 spiro atoms. The quantitative estimate of drug-likeness (QED) is 0.206. The number of allylic oxidation sites excluding steroid dienone is 6. The van der Waals surface area contributed by atoms with Crippen LogP contribution < -0.4 is 0 Å².